The van der Waals surface area contributed by atoms with Crippen LogP contribution in [0.25, 0.3) is 11.0 Å². The van der Waals surface area contributed by atoms with Crippen molar-refractivity contribution in [1.29, 1.82) is 0 Å². The highest BCUT2D eigenvalue weighted by Gasteiger charge is 2.31. The Morgan fingerprint density at radius 1 is 1.27 bits per heavy atom. The summed E-state index contributed by atoms with van der Waals surface area (Å²) in [6, 6.07) is 6.56. The van der Waals surface area contributed by atoms with Gasteiger partial charge in [-0.2, -0.15) is 18.3 Å². The molecular formula is C19H16F3N5O3. The number of amides is 2. The number of hydrogen-bond donors (Lipinski definition) is 1. The van der Waals surface area contributed by atoms with Crippen LogP contribution in [-0.4, -0.2) is 39.1 Å². The Morgan fingerprint density at radius 2 is 2.07 bits per heavy atom. The Balaban J connectivity index is 1.72. The summed E-state index contributed by atoms with van der Waals surface area (Å²) in [5.74, 6) is -0.212. The van der Waals surface area contributed by atoms with Crippen molar-refractivity contribution >= 4 is 34.5 Å². The highest BCUT2D eigenvalue weighted by molar-refractivity contribution is 6.43. The van der Waals surface area contributed by atoms with Gasteiger partial charge in [-0.05, 0) is 30.3 Å². The molecule has 8 nitrogen and oxygen atoms in total. The molecule has 0 saturated carbocycles. The van der Waals surface area contributed by atoms with Gasteiger partial charge in [-0.15, -0.1) is 0 Å². The molecule has 0 fully saturated rings. The highest BCUT2D eigenvalue weighted by Crippen LogP contribution is 2.32. The second-order valence-electron chi connectivity index (χ2n) is 6.72. The molecule has 3 heterocycles. The number of aromatic nitrogens is 2. The van der Waals surface area contributed by atoms with Crippen molar-refractivity contribution in [2.45, 2.75) is 25.6 Å². The highest BCUT2D eigenvalue weighted by atomic mass is 19.4. The minimum Gasteiger partial charge on any atom is -0.467 e. The number of anilines is 1. The summed E-state index contributed by atoms with van der Waals surface area (Å²) in [5, 5.41) is 7.63. The molecule has 2 amide bonds. The number of hydrogen-bond acceptors (Lipinski definition) is 5. The van der Waals surface area contributed by atoms with Crippen molar-refractivity contribution in [2.75, 3.05) is 12.4 Å². The molecule has 156 valence electrons. The summed E-state index contributed by atoms with van der Waals surface area (Å²) in [6.45, 7) is 0.148. The number of rotatable bonds is 4. The first-order chi connectivity index (χ1) is 14.2. The van der Waals surface area contributed by atoms with Crippen LogP contribution in [0.2, 0.25) is 0 Å². The van der Waals surface area contributed by atoms with E-state index in [1.807, 2.05) is 0 Å². The fraction of sp³-hybridized carbons (Fsp3) is 0.263. The fourth-order valence-corrected chi connectivity index (χ4v) is 3.13. The maximum atomic E-state index is 13.1. The molecule has 0 radical (unpaired) electrons. The van der Waals surface area contributed by atoms with Gasteiger partial charge in [0.05, 0.1) is 29.4 Å². The summed E-state index contributed by atoms with van der Waals surface area (Å²) in [5.41, 5.74) is -0.242. The second-order valence-corrected chi connectivity index (χ2v) is 6.72. The number of halogens is 3. The summed E-state index contributed by atoms with van der Waals surface area (Å²) < 4.78 is 46.1. The van der Waals surface area contributed by atoms with Crippen LogP contribution >= 0.6 is 0 Å². The largest absolute Gasteiger partial charge is 0.467 e. The third kappa shape index (κ3) is 3.78. The number of alkyl halides is 3. The van der Waals surface area contributed by atoms with E-state index in [0.717, 1.165) is 17.1 Å². The minimum atomic E-state index is -4.52. The number of carbonyl (C=O) groups excluding carboxylic acids is 2. The van der Waals surface area contributed by atoms with Crippen molar-refractivity contribution in [3.8, 4) is 0 Å². The number of fused-ring (bicyclic) bond motifs is 1. The lowest BCUT2D eigenvalue weighted by atomic mass is 10.1. The SMILES string of the molecule is CN1N=C(C(=O)Nc2nc3cc(C(F)(F)F)ccc3n2Cc2ccco2)CCC1=O. The summed E-state index contributed by atoms with van der Waals surface area (Å²) >= 11 is 0. The molecule has 0 saturated heterocycles. The molecule has 0 spiro atoms. The predicted molar refractivity (Wildman–Crippen MR) is 101 cm³/mol. The third-order valence-electron chi connectivity index (χ3n) is 4.66. The lowest BCUT2D eigenvalue weighted by Crippen LogP contribution is -2.34. The van der Waals surface area contributed by atoms with Crippen LogP contribution in [-0.2, 0) is 22.3 Å². The van der Waals surface area contributed by atoms with Crippen molar-refractivity contribution in [3.05, 3.63) is 47.9 Å². The molecular weight excluding hydrogens is 403 g/mol. The molecule has 2 aromatic heterocycles. The second kappa shape index (κ2) is 7.32. The van der Waals surface area contributed by atoms with E-state index in [9.17, 15) is 22.8 Å². The van der Waals surface area contributed by atoms with Gasteiger partial charge in [0.15, 0.2) is 0 Å². The van der Waals surface area contributed by atoms with Crippen LogP contribution in [0.5, 0.6) is 0 Å². The van der Waals surface area contributed by atoms with E-state index in [-0.39, 0.29) is 42.5 Å². The molecule has 0 atom stereocenters. The zero-order valence-corrected chi connectivity index (χ0v) is 15.7. The first kappa shape index (κ1) is 19.7. The number of imidazole rings is 1. The maximum absolute atomic E-state index is 13.1. The van der Waals surface area contributed by atoms with Gasteiger partial charge < -0.3 is 8.98 Å². The lowest BCUT2D eigenvalue weighted by molar-refractivity contribution is -0.137. The summed E-state index contributed by atoms with van der Waals surface area (Å²) in [6.07, 6.45) is -2.75. The van der Waals surface area contributed by atoms with Crippen LogP contribution < -0.4 is 5.32 Å². The Kier molecular flexibility index (Phi) is 4.80. The molecule has 11 heteroatoms. The monoisotopic (exact) mass is 419 g/mol. The van der Waals surface area contributed by atoms with Gasteiger partial charge in [-0.25, -0.2) is 9.99 Å². The molecule has 1 aromatic carbocycles. The Labute approximate surface area is 168 Å². The zero-order chi connectivity index (χ0) is 21.5. The molecule has 1 N–H and O–H groups in total. The van der Waals surface area contributed by atoms with Gasteiger partial charge in [-0.3, -0.25) is 14.9 Å². The average Bonchev–Trinajstić information content (AvgIpc) is 3.31. The van der Waals surface area contributed by atoms with Crippen molar-refractivity contribution in [1.82, 2.24) is 14.6 Å². The first-order valence-electron chi connectivity index (χ1n) is 8.97. The van der Waals surface area contributed by atoms with E-state index in [2.05, 4.69) is 15.4 Å². The van der Waals surface area contributed by atoms with Gasteiger partial charge in [0, 0.05) is 19.9 Å². The number of nitrogens with zero attached hydrogens (tertiary/aromatic N) is 4. The van der Waals surface area contributed by atoms with Crippen LogP contribution in [0.15, 0.2) is 46.1 Å². The summed E-state index contributed by atoms with van der Waals surface area (Å²) in [7, 11) is 1.44. The van der Waals surface area contributed by atoms with Gasteiger partial charge >= 0.3 is 6.18 Å². The molecule has 30 heavy (non-hydrogen) atoms. The summed E-state index contributed by atoms with van der Waals surface area (Å²) in [4.78, 5) is 28.4. The number of hydrazone groups is 1. The molecule has 0 aliphatic carbocycles. The quantitative estimate of drug-likeness (QED) is 0.703. The third-order valence-corrected chi connectivity index (χ3v) is 4.66. The van der Waals surface area contributed by atoms with Crippen molar-refractivity contribution in [2.24, 2.45) is 5.10 Å². The lowest BCUT2D eigenvalue weighted by Gasteiger charge is -2.18. The topological polar surface area (TPSA) is 92.7 Å². The fourth-order valence-electron chi connectivity index (χ4n) is 3.13. The van der Waals surface area contributed by atoms with Gasteiger partial charge in [0.1, 0.15) is 11.5 Å². The van der Waals surface area contributed by atoms with Gasteiger partial charge in [0.25, 0.3) is 5.91 Å². The zero-order valence-electron chi connectivity index (χ0n) is 15.7. The Hall–Kier alpha value is -3.63. The Bertz CT molecular complexity index is 1150. The van der Waals surface area contributed by atoms with Crippen LogP contribution in [0.4, 0.5) is 19.1 Å². The molecule has 4 rings (SSSR count). The van der Waals surface area contributed by atoms with E-state index >= 15 is 0 Å². The number of benzene rings is 1. The van der Waals surface area contributed by atoms with Gasteiger partial charge in [0.2, 0.25) is 11.9 Å². The normalized spacial score (nSPS) is 14.9. The maximum Gasteiger partial charge on any atom is 0.416 e. The molecule has 3 aromatic rings. The molecule has 1 aliphatic rings. The molecule has 1 aliphatic heterocycles. The van der Waals surface area contributed by atoms with E-state index < -0.39 is 17.6 Å². The first-order valence-corrected chi connectivity index (χ1v) is 8.97. The van der Waals surface area contributed by atoms with E-state index in [4.69, 9.17) is 4.42 Å². The predicted octanol–water partition coefficient (Wildman–Crippen LogP) is 3.24. The van der Waals surface area contributed by atoms with E-state index in [1.54, 1.807) is 16.7 Å². The minimum absolute atomic E-state index is 0.0491. The number of furan rings is 1. The van der Waals surface area contributed by atoms with Crippen molar-refractivity contribution in [3.63, 3.8) is 0 Å². The van der Waals surface area contributed by atoms with E-state index in [0.29, 0.717) is 11.3 Å². The molecule has 0 unspecified atom stereocenters. The van der Waals surface area contributed by atoms with E-state index in [1.165, 1.54) is 19.4 Å². The van der Waals surface area contributed by atoms with Crippen LogP contribution in [0.3, 0.4) is 0 Å². The molecule has 0 bridgehead atoms. The number of carbonyl (C=O) groups is 2. The van der Waals surface area contributed by atoms with Gasteiger partial charge in [-0.1, -0.05) is 0 Å². The standard InChI is InChI=1S/C19H16F3N5O3/c1-26-16(28)7-5-13(25-26)17(29)24-18-23-14-9-11(19(20,21)22)4-6-15(14)27(18)10-12-3-2-8-30-12/h2-4,6,8-9H,5,7,10H2,1H3,(H,23,24,29). The van der Waals surface area contributed by atoms with Crippen LogP contribution in [0.1, 0.15) is 24.2 Å². The number of nitrogens with one attached hydrogen (secondary N) is 1. The smallest absolute Gasteiger partial charge is 0.416 e. The van der Waals surface area contributed by atoms with Crippen LogP contribution in [0, 0.1) is 0 Å². The van der Waals surface area contributed by atoms with Crippen molar-refractivity contribution < 1.29 is 27.2 Å². The average molecular weight is 419 g/mol. The Morgan fingerprint density at radius 3 is 2.73 bits per heavy atom.